The highest BCUT2D eigenvalue weighted by Gasteiger charge is 2.18. The molecular formula is C23H23FN4O3S. The quantitative estimate of drug-likeness (QED) is 0.427. The van der Waals surface area contributed by atoms with E-state index >= 15 is 0 Å². The highest BCUT2D eigenvalue weighted by atomic mass is 32.2. The number of hydrogen-bond donors (Lipinski definition) is 0. The van der Waals surface area contributed by atoms with Crippen molar-refractivity contribution in [1.82, 2.24) is 18.9 Å². The fraction of sp³-hybridized carbons (Fsp3) is 0.217. The number of benzene rings is 2. The van der Waals surface area contributed by atoms with E-state index in [-0.39, 0.29) is 10.7 Å². The predicted molar refractivity (Wildman–Crippen MR) is 120 cm³/mol. The highest BCUT2D eigenvalue weighted by molar-refractivity contribution is 7.89. The van der Waals surface area contributed by atoms with Crippen molar-refractivity contribution in [1.29, 1.82) is 0 Å². The Balaban J connectivity index is 1.63. The first-order chi connectivity index (χ1) is 15.3. The molecule has 2 aromatic carbocycles. The van der Waals surface area contributed by atoms with Gasteiger partial charge in [0.05, 0.1) is 12.0 Å². The molecule has 0 unspecified atom stereocenters. The van der Waals surface area contributed by atoms with Crippen LogP contribution < -0.4 is 4.74 Å². The largest absolute Gasteiger partial charge is 0.496 e. The van der Waals surface area contributed by atoms with Crippen LogP contribution >= 0.6 is 0 Å². The Labute approximate surface area is 186 Å². The zero-order valence-electron chi connectivity index (χ0n) is 18.0. The van der Waals surface area contributed by atoms with Gasteiger partial charge in [0.15, 0.2) is 5.65 Å². The molecule has 0 fully saturated rings. The number of aromatic nitrogens is 3. The Morgan fingerprint density at radius 1 is 1.03 bits per heavy atom. The lowest BCUT2D eigenvalue weighted by atomic mass is 10.0. The van der Waals surface area contributed by atoms with Gasteiger partial charge < -0.3 is 4.74 Å². The van der Waals surface area contributed by atoms with Crippen LogP contribution in [0.3, 0.4) is 0 Å². The summed E-state index contributed by atoms with van der Waals surface area (Å²) in [7, 11) is 1.04. The number of ether oxygens (including phenoxy) is 1. The van der Waals surface area contributed by atoms with Gasteiger partial charge in [-0.15, -0.1) is 10.2 Å². The molecule has 166 valence electrons. The van der Waals surface area contributed by atoms with Gasteiger partial charge in [0.1, 0.15) is 17.9 Å². The molecule has 7 nitrogen and oxygen atoms in total. The third kappa shape index (κ3) is 4.09. The first-order valence-corrected chi connectivity index (χ1v) is 11.4. The van der Waals surface area contributed by atoms with Gasteiger partial charge in [-0.1, -0.05) is 18.2 Å². The van der Waals surface area contributed by atoms with Crippen molar-refractivity contribution < 1.29 is 17.5 Å². The van der Waals surface area contributed by atoms with Crippen molar-refractivity contribution in [2.45, 2.75) is 17.7 Å². The molecule has 0 spiro atoms. The van der Waals surface area contributed by atoms with E-state index in [0.717, 1.165) is 22.4 Å². The standard InChI is InChI=1S/C23H23FN4O3S/c1-27(2)32(29,30)20-11-6-16(7-12-20)21-13-10-19(28-15-25-26-23(21)28)9-5-17-4-8-18(24)14-22(17)31-3/h4,6-8,10-15H,5,9H2,1-3H3. The Morgan fingerprint density at radius 2 is 1.78 bits per heavy atom. The van der Waals surface area contributed by atoms with Crippen molar-refractivity contribution in [3.8, 4) is 16.9 Å². The summed E-state index contributed by atoms with van der Waals surface area (Å²) >= 11 is 0. The molecule has 0 aliphatic rings. The van der Waals surface area contributed by atoms with E-state index in [9.17, 15) is 12.8 Å². The molecule has 0 saturated heterocycles. The van der Waals surface area contributed by atoms with Crippen molar-refractivity contribution >= 4 is 15.7 Å². The number of sulfonamides is 1. The average molecular weight is 455 g/mol. The van der Waals surface area contributed by atoms with Crippen molar-refractivity contribution in [2.24, 2.45) is 0 Å². The fourth-order valence-electron chi connectivity index (χ4n) is 3.60. The molecule has 32 heavy (non-hydrogen) atoms. The summed E-state index contributed by atoms with van der Waals surface area (Å²) in [6.07, 6.45) is 2.99. The van der Waals surface area contributed by atoms with Gasteiger partial charge in [-0.25, -0.2) is 17.1 Å². The van der Waals surface area contributed by atoms with Crippen LogP contribution in [0.25, 0.3) is 16.8 Å². The lowest BCUT2D eigenvalue weighted by Crippen LogP contribution is -2.22. The molecule has 0 radical (unpaired) electrons. The van der Waals surface area contributed by atoms with E-state index in [2.05, 4.69) is 10.2 Å². The minimum atomic E-state index is -3.49. The predicted octanol–water partition coefficient (Wildman–Crippen LogP) is 3.58. The first kappa shape index (κ1) is 21.9. The van der Waals surface area contributed by atoms with Crippen LogP contribution in [0, 0.1) is 5.82 Å². The van der Waals surface area contributed by atoms with E-state index < -0.39 is 10.0 Å². The minimum Gasteiger partial charge on any atom is -0.496 e. The summed E-state index contributed by atoms with van der Waals surface area (Å²) < 4.78 is 46.5. The van der Waals surface area contributed by atoms with Gasteiger partial charge in [-0.3, -0.25) is 4.40 Å². The van der Waals surface area contributed by atoms with Gasteiger partial charge in [0.25, 0.3) is 0 Å². The van der Waals surface area contributed by atoms with Gasteiger partial charge in [0.2, 0.25) is 10.0 Å². The molecular weight excluding hydrogens is 431 g/mol. The van der Waals surface area contributed by atoms with E-state index in [1.165, 1.54) is 37.6 Å². The molecule has 0 bridgehead atoms. The molecule has 0 atom stereocenters. The van der Waals surface area contributed by atoms with E-state index in [4.69, 9.17) is 4.74 Å². The molecule has 4 aromatic rings. The molecule has 2 heterocycles. The Hall–Kier alpha value is -3.30. The maximum Gasteiger partial charge on any atom is 0.242 e. The molecule has 0 aliphatic heterocycles. The Morgan fingerprint density at radius 3 is 2.47 bits per heavy atom. The summed E-state index contributed by atoms with van der Waals surface area (Å²) in [6.45, 7) is 0. The fourth-order valence-corrected chi connectivity index (χ4v) is 4.50. The van der Waals surface area contributed by atoms with Crippen LogP contribution in [0.2, 0.25) is 0 Å². The molecule has 0 amide bonds. The number of fused-ring (bicyclic) bond motifs is 1. The smallest absolute Gasteiger partial charge is 0.242 e. The van der Waals surface area contributed by atoms with Gasteiger partial charge >= 0.3 is 0 Å². The number of pyridine rings is 1. The number of aryl methyl sites for hydroxylation is 2. The van der Waals surface area contributed by atoms with Crippen LogP contribution in [0.1, 0.15) is 11.3 Å². The minimum absolute atomic E-state index is 0.230. The summed E-state index contributed by atoms with van der Waals surface area (Å²) in [5, 5.41) is 8.33. The maximum absolute atomic E-state index is 13.5. The van der Waals surface area contributed by atoms with E-state index in [1.807, 2.05) is 16.5 Å². The molecule has 4 rings (SSSR count). The van der Waals surface area contributed by atoms with E-state index in [0.29, 0.717) is 24.2 Å². The van der Waals surface area contributed by atoms with Gasteiger partial charge in [-0.2, -0.15) is 0 Å². The second kappa shape index (κ2) is 8.68. The molecule has 0 aliphatic carbocycles. The lowest BCUT2D eigenvalue weighted by Gasteiger charge is -2.13. The highest BCUT2D eigenvalue weighted by Crippen LogP contribution is 2.27. The maximum atomic E-state index is 13.5. The van der Waals surface area contributed by atoms with Crippen LogP contribution in [0.5, 0.6) is 5.75 Å². The topological polar surface area (TPSA) is 76.8 Å². The van der Waals surface area contributed by atoms with Crippen LogP contribution in [0.15, 0.2) is 65.8 Å². The monoisotopic (exact) mass is 454 g/mol. The molecule has 2 aromatic heterocycles. The second-order valence-electron chi connectivity index (χ2n) is 7.53. The number of methoxy groups -OCH3 is 1. The number of rotatable bonds is 7. The normalized spacial score (nSPS) is 11.9. The Kier molecular flexibility index (Phi) is 5.94. The van der Waals surface area contributed by atoms with Crippen LogP contribution in [0.4, 0.5) is 4.39 Å². The van der Waals surface area contributed by atoms with Crippen molar-refractivity contribution in [3.05, 3.63) is 78.0 Å². The van der Waals surface area contributed by atoms with Gasteiger partial charge in [-0.05, 0) is 54.3 Å². The zero-order valence-corrected chi connectivity index (χ0v) is 18.8. The summed E-state index contributed by atoms with van der Waals surface area (Å²) in [4.78, 5) is 0.230. The second-order valence-corrected chi connectivity index (χ2v) is 9.68. The third-order valence-corrected chi connectivity index (χ3v) is 7.21. The summed E-state index contributed by atoms with van der Waals surface area (Å²) in [6, 6.07) is 15.2. The number of hydrogen-bond acceptors (Lipinski definition) is 5. The van der Waals surface area contributed by atoms with Crippen LogP contribution in [-0.2, 0) is 22.9 Å². The lowest BCUT2D eigenvalue weighted by molar-refractivity contribution is 0.406. The summed E-state index contributed by atoms with van der Waals surface area (Å²) in [5.41, 5.74) is 4.27. The third-order valence-electron chi connectivity index (χ3n) is 5.38. The van der Waals surface area contributed by atoms with Crippen molar-refractivity contribution in [3.63, 3.8) is 0 Å². The average Bonchev–Trinajstić information content (AvgIpc) is 3.28. The van der Waals surface area contributed by atoms with E-state index in [1.54, 1.807) is 36.7 Å². The molecule has 0 saturated carbocycles. The van der Waals surface area contributed by atoms with Crippen LogP contribution in [-0.4, -0.2) is 48.5 Å². The molecule has 0 N–H and O–H groups in total. The van der Waals surface area contributed by atoms with Crippen molar-refractivity contribution in [2.75, 3.05) is 21.2 Å². The summed E-state index contributed by atoms with van der Waals surface area (Å²) in [5.74, 6) is 0.190. The van der Waals surface area contributed by atoms with Gasteiger partial charge in [0, 0.05) is 31.4 Å². The number of halogens is 1. The first-order valence-electron chi connectivity index (χ1n) is 9.98. The molecule has 9 heteroatoms. The number of nitrogens with zero attached hydrogens (tertiary/aromatic N) is 4. The zero-order chi connectivity index (χ0) is 22.9. The Bertz CT molecular complexity index is 1370. The SMILES string of the molecule is COc1cc(F)ccc1CCc1ccc(-c2ccc(S(=O)(=O)N(C)C)cc2)c2nncn12.